The number of nitrogens with two attached hydrogens (primary N) is 1. The number of nitrogen functional groups attached to an aromatic ring is 1. The number of nitrogens with zero attached hydrogens (tertiary/aromatic N) is 2. The van der Waals surface area contributed by atoms with Crippen LogP contribution in [0.3, 0.4) is 0 Å². The topological polar surface area (TPSA) is 59.2 Å². The SMILES string of the molecule is CCN(C(=O)c1ccnc(N)c1)c1cccc(F)c1. The van der Waals surface area contributed by atoms with Crippen molar-refractivity contribution in [2.45, 2.75) is 6.92 Å². The van der Waals surface area contributed by atoms with Crippen molar-refractivity contribution in [3.8, 4) is 0 Å². The van der Waals surface area contributed by atoms with E-state index in [1.807, 2.05) is 6.92 Å². The van der Waals surface area contributed by atoms with Crippen LogP contribution in [0.4, 0.5) is 15.9 Å². The van der Waals surface area contributed by atoms with Crippen LogP contribution in [0.1, 0.15) is 17.3 Å². The molecule has 2 aromatic rings. The van der Waals surface area contributed by atoms with Crippen molar-refractivity contribution in [1.29, 1.82) is 0 Å². The van der Waals surface area contributed by atoms with E-state index in [4.69, 9.17) is 5.73 Å². The summed E-state index contributed by atoms with van der Waals surface area (Å²) in [4.78, 5) is 17.7. The van der Waals surface area contributed by atoms with Crippen molar-refractivity contribution in [2.75, 3.05) is 17.2 Å². The summed E-state index contributed by atoms with van der Waals surface area (Å²) in [5.74, 6) is -0.332. The fourth-order valence-electron chi connectivity index (χ4n) is 1.82. The monoisotopic (exact) mass is 259 g/mol. The first-order valence-electron chi connectivity index (χ1n) is 5.90. The fraction of sp³-hybridized carbons (Fsp3) is 0.143. The van der Waals surface area contributed by atoms with Gasteiger partial charge in [0.25, 0.3) is 5.91 Å². The lowest BCUT2D eigenvalue weighted by molar-refractivity contribution is 0.0988. The van der Waals surface area contributed by atoms with E-state index in [0.29, 0.717) is 17.8 Å². The van der Waals surface area contributed by atoms with Crippen molar-refractivity contribution in [3.63, 3.8) is 0 Å². The first-order chi connectivity index (χ1) is 9.11. The predicted molar refractivity (Wildman–Crippen MR) is 72.4 cm³/mol. The minimum Gasteiger partial charge on any atom is -0.384 e. The van der Waals surface area contributed by atoms with Gasteiger partial charge in [-0.25, -0.2) is 9.37 Å². The molecule has 5 heteroatoms. The molecule has 0 bridgehead atoms. The molecule has 0 aliphatic rings. The van der Waals surface area contributed by atoms with Crippen molar-refractivity contribution >= 4 is 17.4 Å². The highest BCUT2D eigenvalue weighted by molar-refractivity contribution is 6.06. The van der Waals surface area contributed by atoms with E-state index in [1.165, 1.54) is 29.3 Å². The Morgan fingerprint density at radius 1 is 1.37 bits per heavy atom. The molecule has 0 unspecified atom stereocenters. The molecule has 1 aromatic carbocycles. The van der Waals surface area contributed by atoms with Crippen LogP contribution in [-0.2, 0) is 0 Å². The quantitative estimate of drug-likeness (QED) is 0.921. The van der Waals surface area contributed by atoms with Gasteiger partial charge in [0.05, 0.1) is 0 Å². The summed E-state index contributed by atoms with van der Waals surface area (Å²) in [5, 5.41) is 0. The van der Waals surface area contributed by atoms with Crippen molar-refractivity contribution in [2.24, 2.45) is 0 Å². The van der Waals surface area contributed by atoms with E-state index < -0.39 is 0 Å². The minimum absolute atomic E-state index is 0.234. The molecular weight excluding hydrogens is 245 g/mol. The van der Waals surface area contributed by atoms with E-state index in [-0.39, 0.29) is 17.5 Å². The maximum atomic E-state index is 13.2. The number of halogens is 1. The highest BCUT2D eigenvalue weighted by Crippen LogP contribution is 2.18. The third kappa shape index (κ3) is 2.88. The van der Waals surface area contributed by atoms with Gasteiger partial charge >= 0.3 is 0 Å². The molecule has 98 valence electrons. The first-order valence-corrected chi connectivity index (χ1v) is 5.90. The minimum atomic E-state index is -0.377. The average Bonchev–Trinajstić information content (AvgIpc) is 2.39. The van der Waals surface area contributed by atoms with E-state index in [1.54, 1.807) is 18.2 Å². The number of carbonyl (C=O) groups excluding carboxylic acids is 1. The highest BCUT2D eigenvalue weighted by Gasteiger charge is 2.16. The van der Waals surface area contributed by atoms with Gasteiger partial charge in [-0.2, -0.15) is 0 Å². The van der Waals surface area contributed by atoms with Gasteiger partial charge in [-0.3, -0.25) is 4.79 Å². The van der Waals surface area contributed by atoms with Gasteiger partial charge < -0.3 is 10.6 Å². The fourth-order valence-corrected chi connectivity index (χ4v) is 1.82. The van der Waals surface area contributed by atoms with Gasteiger partial charge in [-0.1, -0.05) is 6.07 Å². The molecule has 0 spiro atoms. The Morgan fingerprint density at radius 3 is 2.79 bits per heavy atom. The number of hydrogen-bond donors (Lipinski definition) is 1. The van der Waals surface area contributed by atoms with Gasteiger partial charge in [0.15, 0.2) is 0 Å². The molecule has 0 saturated heterocycles. The average molecular weight is 259 g/mol. The van der Waals surface area contributed by atoms with Crippen LogP contribution in [0.15, 0.2) is 42.6 Å². The van der Waals surface area contributed by atoms with Crippen LogP contribution in [0.2, 0.25) is 0 Å². The van der Waals surface area contributed by atoms with Gasteiger partial charge in [-0.05, 0) is 37.3 Å². The molecule has 0 radical (unpaired) electrons. The predicted octanol–water partition coefficient (Wildman–Crippen LogP) is 2.47. The molecule has 4 nitrogen and oxygen atoms in total. The molecule has 0 atom stereocenters. The van der Waals surface area contributed by atoms with Crippen LogP contribution in [0.5, 0.6) is 0 Å². The van der Waals surface area contributed by atoms with Crippen molar-refractivity contribution in [3.05, 3.63) is 54.0 Å². The van der Waals surface area contributed by atoms with Gasteiger partial charge in [0.2, 0.25) is 0 Å². The molecule has 0 aliphatic carbocycles. The number of amides is 1. The zero-order valence-corrected chi connectivity index (χ0v) is 10.5. The lowest BCUT2D eigenvalue weighted by atomic mass is 10.2. The smallest absolute Gasteiger partial charge is 0.258 e. The number of carbonyl (C=O) groups is 1. The first kappa shape index (κ1) is 13.0. The molecule has 2 N–H and O–H groups in total. The maximum absolute atomic E-state index is 13.2. The Morgan fingerprint density at radius 2 is 2.16 bits per heavy atom. The second-order valence-corrected chi connectivity index (χ2v) is 4.00. The van der Waals surface area contributed by atoms with E-state index in [0.717, 1.165) is 0 Å². The third-order valence-corrected chi connectivity index (χ3v) is 2.71. The number of hydrogen-bond acceptors (Lipinski definition) is 3. The van der Waals surface area contributed by atoms with Gasteiger partial charge in [-0.15, -0.1) is 0 Å². The number of rotatable bonds is 3. The summed E-state index contributed by atoms with van der Waals surface area (Å²) < 4.78 is 13.2. The lowest BCUT2D eigenvalue weighted by Gasteiger charge is -2.21. The Labute approximate surface area is 110 Å². The standard InChI is InChI=1S/C14H14FN3O/c1-2-18(12-5-3-4-11(15)9-12)14(19)10-6-7-17-13(16)8-10/h3-9H,2H2,1H3,(H2,16,17). The summed E-state index contributed by atoms with van der Waals surface area (Å²) in [7, 11) is 0. The number of anilines is 2. The highest BCUT2D eigenvalue weighted by atomic mass is 19.1. The zero-order chi connectivity index (χ0) is 13.8. The Hall–Kier alpha value is -2.43. The molecule has 0 aliphatic heterocycles. The number of pyridine rings is 1. The van der Waals surface area contributed by atoms with Crippen LogP contribution >= 0.6 is 0 Å². The second-order valence-electron chi connectivity index (χ2n) is 4.00. The normalized spacial score (nSPS) is 10.2. The van der Waals surface area contributed by atoms with Crippen molar-refractivity contribution in [1.82, 2.24) is 4.98 Å². The Bertz CT molecular complexity index is 601. The second kappa shape index (κ2) is 5.48. The Kier molecular flexibility index (Phi) is 3.75. The molecule has 0 fully saturated rings. The van der Waals surface area contributed by atoms with E-state index in [2.05, 4.69) is 4.98 Å². The van der Waals surface area contributed by atoms with Crippen LogP contribution in [-0.4, -0.2) is 17.4 Å². The molecule has 2 rings (SSSR count). The van der Waals surface area contributed by atoms with Crippen molar-refractivity contribution < 1.29 is 9.18 Å². The van der Waals surface area contributed by atoms with Crippen LogP contribution in [0.25, 0.3) is 0 Å². The summed E-state index contributed by atoms with van der Waals surface area (Å²) >= 11 is 0. The largest absolute Gasteiger partial charge is 0.384 e. The summed E-state index contributed by atoms with van der Waals surface area (Å²) in [6.45, 7) is 2.26. The maximum Gasteiger partial charge on any atom is 0.258 e. The summed E-state index contributed by atoms with van der Waals surface area (Å²) in [6, 6.07) is 9.01. The molecule has 0 saturated carbocycles. The van der Waals surface area contributed by atoms with E-state index in [9.17, 15) is 9.18 Å². The molecule has 1 aromatic heterocycles. The molecule has 19 heavy (non-hydrogen) atoms. The van der Waals surface area contributed by atoms with E-state index >= 15 is 0 Å². The molecular formula is C14H14FN3O. The third-order valence-electron chi connectivity index (χ3n) is 2.71. The Balaban J connectivity index is 2.34. The summed E-state index contributed by atoms with van der Waals surface area (Å²) in [6.07, 6.45) is 1.47. The van der Waals surface area contributed by atoms with Gasteiger partial charge in [0, 0.05) is 24.0 Å². The summed E-state index contributed by atoms with van der Waals surface area (Å²) in [5.41, 5.74) is 6.50. The lowest BCUT2D eigenvalue weighted by Crippen LogP contribution is -2.30. The zero-order valence-electron chi connectivity index (χ0n) is 10.5. The molecule has 1 amide bonds. The van der Waals surface area contributed by atoms with Gasteiger partial charge in [0.1, 0.15) is 11.6 Å². The van der Waals surface area contributed by atoms with Crippen LogP contribution < -0.4 is 10.6 Å². The number of aromatic nitrogens is 1. The number of benzene rings is 1. The molecule has 1 heterocycles. The van der Waals surface area contributed by atoms with Crippen LogP contribution in [0, 0.1) is 5.82 Å².